The van der Waals surface area contributed by atoms with Gasteiger partial charge in [-0.25, -0.2) is 4.79 Å². The first kappa shape index (κ1) is 22.3. The Morgan fingerprint density at radius 3 is 1.90 bits per heavy atom. The molecule has 7 nitrogen and oxygen atoms in total. The van der Waals surface area contributed by atoms with Gasteiger partial charge in [0.1, 0.15) is 0 Å². The van der Waals surface area contributed by atoms with E-state index in [4.69, 9.17) is 29.5 Å². The third-order valence-electron chi connectivity index (χ3n) is 2.13. The summed E-state index contributed by atoms with van der Waals surface area (Å²) in [6.45, 7) is 9.23. The summed E-state index contributed by atoms with van der Waals surface area (Å²) in [4.78, 5) is 9.60. The van der Waals surface area contributed by atoms with Crippen LogP contribution in [0.25, 0.3) is 0 Å². The highest BCUT2D eigenvalue weighted by Crippen LogP contribution is 1.90. The maximum atomic E-state index is 9.60. The van der Waals surface area contributed by atoms with Gasteiger partial charge in [-0.2, -0.15) is 0 Å². The Morgan fingerprint density at radius 2 is 1.52 bits per heavy atom. The number of aliphatic hydroxyl groups is 2. The zero-order valence-electron chi connectivity index (χ0n) is 12.9. The predicted molar refractivity (Wildman–Crippen MR) is 78.3 cm³/mol. The van der Waals surface area contributed by atoms with Gasteiger partial charge >= 0.3 is 5.97 Å². The molecule has 1 unspecified atom stereocenters. The van der Waals surface area contributed by atoms with Crippen molar-refractivity contribution in [2.75, 3.05) is 46.2 Å². The van der Waals surface area contributed by atoms with Crippen LogP contribution in [0.1, 0.15) is 20.3 Å². The van der Waals surface area contributed by atoms with E-state index in [1.54, 1.807) is 0 Å². The summed E-state index contributed by atoms with van der Waals surface area (Å²) in [5, 5.41) is 25.4. The average molecular weight is 308 g/mol. The van der Waals surface area contributed by atoms with Crippen LogP contribution in [0.4, 0.5) is 0 Å². The quantitative estimate of drug-likeness (QED) is 0.355. The normalized spacial score (nSPS) is 11.4. The Bertz CT molecular complexity index is 244. The first-order valence-electron chi connectivity index (χ1n) is 6.86. The number of carboxylic acid groups (broad SMARTS) is 1. The molecule has 0 saturated heterocycles. The van der Waals surface area contributed by atoms with Crippen LogP contribution >= 0.6 is 0 Å². The minimum absolute atomic E-state index is 0.0397. The van der Waals surface area contributed by atoms with Crippen LogP contribution in [0.2, 0.25) is 0 Å². The maximum absolute atomic E-state index is 9.60. The molecule has 3 N–H and O–H groups in total. The molecule has 0 bridgehead atoms. The molecule has 0 aliphatic heterocycles. The summed E-state index contributed by atoms with van der Waals surface area (Å²) in [6.07, 6.45) is 0.327. The molecule has 21 heavy (non-hydrogen) atoms. The second-order valence-corrected chi connectivity index (χ2v) is 4.17. The molecule has 0 fully saturated rings. The van der Waals surface area contributed by atoms with Crippen molar-refractivity contribution >= 4 is 5.97 Å². The van der Waals surface area contributed by atoms with E-state index in [2.05, 4.69) is 6.58 Å². The molecule has 0 heterocycles. The third kappa shape index (κ3) is 21.5. The van der Waals surface area contributed by atoms with Gasteiger partial charge in [-0.1, -0.05) is 13.5 Å². The van der Waals surface area contributed by atoms with Crippen molar-refractivity contribution in [3.63, 3.8) is 0 Å². The number of rotatable bonds is 12. The van der Waals surface area contributed by atoms with Gasteiger partial charge in [0.25, 0.3) is 0 Å². The lowest BCUT2D eigenvalue weighted by atomic mass is 10.3. The van der Waals surface area contributed by atoms with Crippen molar-refractivity contribution in [1.82, 2.24) is 0 Å². The van der Waals surface area contributed by atoms with Gasteiger partial charge in [-0.05, 0) is 13.3 Å². The molecule has 126 valence electrons. The molecule has 0 aromatic heterocycles. The van der Waals surface area contributed by atoms with Gasteiger partial charge in [0.05, 0.1) is 52.4 Å². The van der Waals surface area contributed by atoms with Crippen molar-refractivity contribution in [1.29, 1.82) is 0 Å². The Hall–Kier alpha value is -0.990. The SMILES string of the molecule is C=C(C)C(=O)O.CCC(O)COCCOCCOCCO. The van der Waals surface area contributed by atoms with Gasteiger partial charge in [0.15, 0.2) is 0 Å². The first-order chi connectivity index (χ1) is 9.95. The number of aliphatic carboxylic acids is 1. The number of hydrogen-bond donors (Lipinski definition) is 3. The zero-order chi connectivity index (χ0) is 16.5. The minimum Gasteiger partial charge on any atom is -0.478 e. The van der Waals surface area contributed by atoms with E-state index in [0.717, 1.165) is 0 Å². The average Bonchev–Trinajstić information content (AvgIpc) is 2.45. The summed E-state index contributed by atoms with van der Waals surface area (Å²) in [7, 11) is 0. The standard InChI is InChI=1S/C10H22O5.C4H6O2/c1-2-10(12)9-15-8-7-14-6-5-13-4-3-11;1-3(2)4(5)6/h10-12H,2-9H2,1H3;1H2,2H3,(H,5,6). The second-order valence-electron chi connectivity index (χ2n) is 4.17. The molecular weight excluding hydrogens is 280 g/mol. The molecule has 1 atom stereocenters. The summed E-state index contributed by atoms with van der Waals surface area (Å²) >= 11 is 0. The second kappa shape index (κ2) is 17.1. The van der Waals surface area contributed by atoms with Gasteiger partial charge in [-0.3, -0.25) is 0 Å². The van der Waals surface area contributed by atoms with E-state index in [1.807, 2.05) is 6.92 Å². The van der Waals surface area contributed by atoms with E-state index in [9.17, 15) is 4.79 Å². The summed E-state index contributed by atoms with van der Waals surface area (Å²) in [5.74, 6) is -0.935. The lowest BCUT2D eigenvalue weighted by molar-refractivity contribution is -0.132. The Balaban J connectivity index is 0. The topological polar surface area (TPSA) is 105 Å². The van der Waals surface area contributed by atoms with Crippen LogP contribution in [0.15, 0.2) is 12.2 Å². The first-order valence-corrected chi connectivity index (χ1v) is 6.86. The number of hydrogen-bond acceptors (Lipinski definition) is 6. The number of ether oxygens (including phenoxy) is 3. The molecular formula is C14H28O7. The van der Waals surface area contributed by atoms with Crippen LogP contribution in [-0.4, -0.2) is 73.6 Å². The molecule has 0 aromatic rings. The van der Waals surface area contributed by atoms with E-state index in [1.165, 1.54) is 6.92 Å². The lowest BCUT2D eigenvalue weighted by Crippen LogP contribution is -2.17. The van der Waals surface area contributed by atoms with E-state index >= 15 is 0 Å². The van der Waals surface area contributed by atoms with Gasteiger partial charge < -0.3 is 29.5 Å². The largest absolute Gasteiger partial charge is 0.478 e. The highest BCUT2D eigenvalue weighted by Gasteiger charge is 1.99. The van der Waals surface area contributed by atoms with Crippen LogP contribution in [0, 0.1) is 0 Å². The maximum Gasteiger partial charge on any atom is 0.330 e. The Morgan fingerprint density at radius 1 is 1.10 bits per heavy atom. The van der Waals surface area contributed by atoms with E-state index in [0.29, 0.717) is 46.1 Å². The number of carbonyl (C=O) groups is 1. The summed E-state index contributed by atoms with van der Waals surface area (Å²) < 4.78 is 15.3. The summed E-state index contributed by atoms with van der Waals surface area (Å²) in [6, 6.07) is 0. The molecule has 7 heteroatoms. The zero-order valence-corrected chi connectivity index (χ0v) is 12.9. The monoisotopic (exact) mass is 308 g/mol. The number of aliphatic hydroxyl groups excluding tert-OH is 2. The van der Waals surface area contributed by atoms with Crippen LogP contribution in [0.5, 0.6) is 0 Å². The molecule has 0 aromatic carbocycles. The minimum atomic E-state index is -0.935. The molecule has 0 radical (unpaired) electrons. The number of carboxylic acids is 1. The fourth-order valence-electron chi connectivity index (χ4n) is 0.842. The molecule has 0 spiro atoms. The van der Waals surface area contributed by atoms with Crippen molar-refractivity contribution < 1.29 is 34.3 Å². The highest BCUT2D eigenvalue weighted by molar-refractivity contribution is 5.84. The van der Waals surface area contributed by atoms with Gasteiger partial charge in [0.2, 0.25) is 0 Å². The van der Waals surface area contributed by atoms with Crippen LogP contribution in [-0.2, 0) is 19.0 Å². The molecule has 0 rings (SSSR count). The smallest absolute Gasteiger partial charge is 0.330 e. The fourth-order valence-corrected chi connectivity index (χ4v) is 0.842. The lowest BCUT2D eigenvalue weighted by Gasteiger charge is -2.09. The van der Waals surface area contributed by atoms with Crippen molar-refractivity contribution in [3.05, 3.63) is 12.2 Å². The molecule has 0 amide bonds. The van der Waals surface area contributed by atoms with Crippen LogP contribution < -0.4 is 0 Å². The van der Waals surface area contributed by atoms with Gasteiger partial charge in [-0.15, -0.1) is 0 Å². The van der Waals surface area contributed by atoms with E-state index in [-0.39, 0.29) is 18.3 Å². The summed E-state index contributed by atoms with van der Waals surface area (Å²) in [5.41, 5.74) is 0.176. The van der Waals surface area contributed by atoms with Crippen LogP contribution in [0.3, 0.4) is 0 Å². The van der Waals surface area contributed by atoms with Crippen molar-refractivity contribution in [2.45, 2.75) is 26.4 Å². The molecule has 0 aliphatic carbocycles. The third-order valence-corrected chi connectivity index (χ3v) is 2.13. The van der Waals surface area contributed by atoms with E-state index < -0.39 is 5.97 Å². The molecule has 0 aliphatic rings. The van der Waals surface area contributed by atoms with Gasteiger partial charge in [0, 0.05) is 5.57 Å². The highest BCUT2D eigenvalue weighted by atomic mass is 16.5. The van der Waals surface area contributed by atoms with Crippen molar-refractivity contribution in [2.24, 2.45) is 0 Å². The Labute approximate surface area is 126 Å². The predicted octanol–water partition coefficient (Wildman–Crippen LogP) is 0.447. The Kier molecular flexibility index (Phi) is 18.1. The fraction of sp³-hybridized carbons (Fsp3) is 0.786. The van der Waals surface area contributed by atoms with Crippen molar-refractivity contribution in [3.8, 4) is 0 Å². The molecule has 0 saturated carbocycles.